The van der Waals surface area contributed by atoms with E-state index in [2.05, 4.69) is 10.6 Å². The molecule has 2 amide bonds. The van der Waals surface area contributed by atoms with E-state index in [-0.39, 0.29) is 23.3 Å². The lowest BCUT2D eigenvalue weighted by Gasteiger charge is -2.55. The minimum atomic E-state index is -0.145. The second kappa shape index (κ2) is 8.00. The Balaban J connectivity index is 1.27. The number of methoxy groups -OCH3 is 1. The molecule has 2 N–H and O–H groups in total. The van der Waals surface area contributed by atoms with Crippen molar-refractivity contribution in [3.63, 3.8) is 0 Å². The van der Waals surface area contributed by atoms with Crippen molar-refractivity contribution in [2.75, 3.05) is 13.7 Å². The average Bonchev–Trinajstić information content (AvgIpc) is 2.66. The summed E-state index contributed by atoms with van der Waals surface area (Å²) in [6.45, 7) is 4.39. The van der Waals surface area contributed by atoms with E-state index in [0.29, 0.717) is 13.0 Å². The molecule has 0 saturated heterocycles. The number of rotatable bonds is 7. The largest absolute Gasteiger partial charge is 0.496 e. The third kappa shape index (κ3) is 4.15. The Kier molecular flexibility index (Phi) is 5.58. The van der Waals surface area contributed by atoms with Crippen LogP contribution < -0.4 is 15.4 Å². The van der Waals surface area contributed by atoms with Crippen molar-refractivity contribution in [3.05, 3.63) is 29.3 Å². The quantitative estimate of drug-likeness (QED) is 0.732. The average molecular weight is 399 g/mol. The summed E-state index contributed by atoms with van der Waals surface area (Å²) >= 11 is 0. The fourth-order valence-electron chi connectivity index (χ4n) is 6.45. The number of hydrogen-bond acceptors (Lipinski definition) is 3. The Labute approximate surface area is 174 Å². The van der Waals surface area contributed by atoms with Gasteiger partial charge in [-0.25, -0.2) is 0 Å². The molecule has 158 valence electrons. The topological polar surface area (TPSA) is 67.4 Å². The molecule has 0 radical (unpaired) electrons. The monoisotopic (exact) mass is 398 g/mol. The van der Waals surface area contributed by atoms with Crippen LogP contribution in [0, 0.1) is 30.1 Å². The number of aryl methyl sites for hydroxylation is 1. The van der Waals surface area contributed by atoms with E-state index in [1.165, 1.54) is 19.3 Å². The molecule has 0 aromatic heterocycles. The first kappa shape index (κ1) is 20.2. The maximum atomic E-state index is 13.0. The van der Waals surface area contributed by atoms with E-state index in [0.717, 1.165) is 53.9 Å². The molecule has 4 fully saturated rings. The van der Waals surface area contributed by atoms with Crippen LogP contribution in [0.5, 0.6) is 5.75 Å². The van der Waals surface area contributed by atoms with Crippen LogP contribution in [0.25, 0.3) is 0 Å². The van der Waals surface area contributed by atoms with Gasteiger partial charge < -0.3 is 15.4 Å². The highest BCUT2D eigenvalue weighted by Gasteiger charge is 2.54. The third-order valence-electron chi connectivity index (χ3n) is 7.39. The van der Waals surface area contributed by atoms with Crippen LogP contribution in [0.1, 0.15) is 69.0 Å². The van der Waals surface area contributed by atoms with Gasteiger partial charge in [0, 0.05) is 23.9 Å². The molecule has 4 aliphatic carbocycles. The Hall–Kier alpha value is -2.04. The van der Waals surface area contributed by atoms with E-state index in [4.69, 9.17) is 4.74 Å². The fourth-order valence-corrected chi connectivity index (χ4v) is 6.45. The summed E-state index contributed by atoms with van der Waals surface area (Å²) in [5.41, 5.74) is 1.95. The summed E-state index contributed by atoms with van der Waals surface area (Å²) in [5.74, 6) is 3.17. The molecule has 4 bridgehead atoms. The van der Waals surface area contributed by atoms with E-state index < -0.39 is 0 Å². The molecule has 4 aliphatic rings. The summed E-state index contributed by atoms with van der Waals surface area (Å²) in [5, 5.41) is 6.13. The highest BCUT2D eigenvalue weighted by atomic mass is 16.5. The van der Waals surface area contributed by atoms with Crippen molar-refractivity contribution < 1.29 is 14.3 Å². The van der Waals surface area contributed by atoms with Crippen molar-refractivity contribution in [3.8, 4) is 5.75 Å². The van der Waals surface area contributed by atoms with Crippen LogP contribution in [0.2, 0.25) is 0 Å². The number of benzene rings is 1. The molecule has 1 aromatic carbocycles. The van der Waals surface area contributed by atoms with Crippen LogP contribution >= 0.6 is 0 Å². The number of carbonyl (C=O) groups excluding carboxylic acids is 2. The number of ether oxygens (including phenoxy) is 1. The predicted molar refractivity (Wildman–Crippen MR) is 113 cm³/mol. The number of hydrogen-bond donors (Lipinski definition) is 2. The van der Waals surface area contributed by atoms with Crippen molar-refractivity contribution in [2.45, 2.75) is 64.8 Å². The van der Waals surface area contributed by atoms with Gasteiger partial charge in [-0.1, -0.05) is 17.7 Å². The van der Waals surface area contributed by atoms with Gasteiger partial charge in [-0.2, -0.15) is 0 Å². The summed E-state index contributed by atoms with van der Waals surface area (Å²) < 4.78 is 5.42. The van der Waals surface area contributed by atoms with Gasteiger partial charge in [0.05, 0.1) is 13.2 Å². The molecule has 0 unspecified atom stereocenters. The zero-order valence-corrected chi connectivity index (χ0v) is 17.9. The lowest BCUT2D eigenvalue weighted by atomic mass is 9.49. The molecule has 4 saturated carbocycles. The minimum absolute atomic E-state index is 0.0492. The van der Waals surface area contributed by atoms with E-state index >= 15 is 0 Å². The lowest BCUT2D eigenvalue weighted by molar-refractivity contribution is -0.146. The van der Waals surface area contributed by atoms with Gasteiger partial charge in [0.1, 0.15) is 5.75 Å². The molecule has 5 heteroatoms. The molecular formula is C24H34N2O3. The van der Waals surface area contributed by atoms with Crippen LogP contribution in [0.3, 0.4) is 0 Å². The molecular weight excluding hydrogens is 364 g/mol. The van der Waals surface area contributed by atoms with Crippen molar-refractivity contribution in [1.82, 2.24) is 10.6 Å². The maximum Gasteiger partial charge on any atom is 0.226 e. The van der Waals surface area contributed by atoms with Gasteiger partial charge in [-0.3, -0.25) is 9.59 Å². The zero-order valence-electron chi connectivity index (χ0n) is 17.9. The predicted octanol–water partition coefficient (Wildman–Crippen LogP) is 3.90. The number of nitrogens with one attached hydrogen (secondary N) is 2. The first-order valence-electron chi connectivity index (χ1n) is 11.1. The summed E-state index contributed by atoms with van der Waals surface area (Å²) in [6, 6.07) is 5.82. The Morgan fingerprint density at radius 1 is 1.14 bits per heavy atom. The highest BCUT2D eigenvalue weighted by molar-refractivity contribution is 5.84. The molecule has 29 heavy (non-hydrogen) atoms. The first-order valence-corrected chi connectivity index (χ1v) is 11.1. The Morgan fingerprint density at radius 2 is 1.76 bits per heavy atom. The second-order valence-corrected chi connectivity index (χ2v) is 9.74. The number of amides is 2. The minimum Gasteiger partial charge on any atom is -0.496 e. The summed E-state index contributed by atoms with van der Waals surface area (Å²) in [7, 11) is 1.64. The molecule has 5 rings (SSSR count). The van der Waals surface area contributed by atoms with Crippen LogP contribution in [-0.2, 0) is 9.59 Å². The molecule has 0 aliphatic heterocycles. The summed E-state index contributed by atoms with van der Waals surface area (Å²) in [4.78, 5) is 25.4. The smallest absolute Gasteiger partial charge is 0.226 e. The lowest BCUT2D eigenvalue weighted by Crippen LogP contribution is -2.53. The van der Waals surface area contributed by atoms with Crippen molar-refractivity contribution in [2.24, 2.45) is 23.2 Å². The molecule has 1 atom stereocenters. The second-order valence-electron chi connectivity index (χ2n) is 9.74. The molecule has 5 nitrogen and oxygen atoms in total. The van der Waals surface area contributed by atoms with Gasteiger partial charge in [0.25, 0.3) is 0 Å². The van der Waals surface area contributed by atoms with Gasteiger partial charge >= 0.3 is 0 Å². The Morgan fingerprint density at radius 3 is 2.34 bits per heavy atom. The molecule has 1 aromatic rings. The fraction of sp³-hybridized carbons (Fsp3) is 0.667. The maximum absolute atomic E-state index is 13.0. The van der Waals surface area contributed by atoms with E-state index in [9.17, 15) is 9.59 Å². The van der Waals surface area contributed by atoms with Crippen LogP contribution in [-0.4, -0.2) is 25.5 Å². The van der Waals surface area contributed by atoms with Gasteiger partial charge in [-0.05, 0) is 76.2 Å². The van der Waals surface area contributed by atoms with Crippen LogP contribution in [0.4, 0.5) is 0 Å². The van der Waals surface area contributed by atoms with Gasteiger partial charge in [0.2, 0.25) is 11.8 Å². The first-order chi connectivity index (χ1) is 13.9. The molecule has 0 heterocycles. The number of carbonyl (C=O) groups is 2. The summed E-state index contributed by atoms with van der Waals surface area (Å²) in [6.07, 6.45) is 7.46. The highest BCUT2D eigenvalue weighted by Crippen LogP contribution is 2.60. The van der Waals surface area contributed by atoms with Crippen molar-refractivity contribution >= 4 is 11.8 Å². The third-order valence-corrected chi connectivity index (χ3v) is 7.39. The SMILES string of the molecule is COc1ccc(C)cc1[C@@H](C)NC(=O)CCNC(=O)C12CC3CC(CC(C3)C1)C2. The van der Waals surface area contributed by atoms with Crippen LogP contribution in [0.15, 0.2) is 18.2 Å². The van der Waals surface area contributed by atoms with Crippen molar-refractivity contribution in [1.29, 1.82) is 0 Å². The van der Waals surface area contributed by atoms with Gasteiger partial charge in [-0.15, -0.1) is 0 Å². The van der Waals surface area contributed by atoms with E-state index in [1.807, 2.05) is 32.0 Å². The zero-order chi connectivity index (χ0) is 20.6. The Bertz CT molecular complexity index is 753. The van der Waals surface area contributed by atoms with Gasteiger partial charge in [0.15, 0.2) is 0 Å². The van der Waals surface area contributed by atoms with E-state index in [1.54, 1.807) is 7.11 Å². The molecule has 0 spiro atoms. The standard InChI is InChI=1S/C24H34N2O3/c1-15-4-5-21(29-3)20(8-15)16(2)26-22(27)6-7-25-23(28)24-12-17-9-18(13-24)11-19(10-17)14-24/h4-5,8,16-19H,6-7,9-14H2,1-3H3,(H,25,28)(H,26,27)/t16-,17?,18?,19?,24?/m1/s1. The normalized spacial score (nSPS) is 30.7.